The molecule has 1 heterocycles. The van der Waals surface area contributed by atoms with Crippen LogP contribution in [0, 0.1) is 32.4 Å². The van der Waals surface area contributed by atoms with E-state index < -0.39 is 17.2 Å². The van der Waals surface area contributed by atoms with Crippen molar-refractivity contribution < 1.29 is 13.6 Å². The molecule has 0 radical (unpaired) electrons. The normalized spacial score (nSPS) is 10.8. The third-order valence-electron chi connectivity index (χ3n) is 4.77. The van der Waals surface area contributed by atoms with Gasteiger partial charge in [-0.05, 0) is 44.0 Å². The van der Waals surface area contributed by atoms with E-state index in [2.05, 4.69) is 10.4 Å². The maximum Gasteiger partial charge on any atom is 0.292 e. The van der Waals surface area contributed by atoms with E-state index in [1.165, 1.54) is 11.1 Å². The number of likely N-dealkylation sites (N-methyl/N-ethyl adjacent to an activating group) is 1. The average Bonchev–Trinajstić information content (AvgIpc) is 2.67. The minimum Gasteiger partial charge on any atom is -0.363 e. The topological polar surface area (TPSA) is 67.2 Å². The lowest BCUT2D eigenvalue weighted by Gasteiger charge is -2.21. The van der Waals surface area contributed by atoms with Crippen LogP contribution >= 0.6 is 11.6 Å². The minimum atomic E-state index is -0.949. The van der Waals surface area contributed by atoms with Crippen molar-refractivity contribution in [1.82, 2.24) is 9.78 Å². The summed E-state index contributed by atoms with van der Waals surface area (Å²) in [7, 11) is 1.58. The Hall–Kier alpha value is -3.26. The largest absolute Gasteiger partial charge is 0.363 e. The average molecular weight is 447 g/mol. The molecular weight excluding hydrogens is 426 g/mol. The molecule has 9 heteroatoms. The highest BCUT2D eigenvalue weighted by atomic mass is 35.5. The zero-order valence-corrected chi connectivity index (χ0v) is 18.2. The number of aryl methyl sites for hydroxylation is 3. The van der Waals surface area contributed by atoms with Gasteiger partial charge >= 0.3 is 0 Å². The van der Waals surface area contributed by atoms with Crippen molar-refractivity contribution >= 4 is 28.9 Å². The predicted octanol–water partition coefficient (Wildman–Crippen LogP) is 4.16. The molecule has 31 heavy (non-hydrogen) atoms. The van der Waals surface area contributed by atoms with Crippen LogP contribution in [0.25, 0.3) is 5.69 Å². The van der Waals surface area contributed by atoms with Crippen molar-refractivity contribution in [3.8, 4) is 5.69 Å². The van der Waals surface area contributed by atoms with Crippen molar-refractivity contribution in [3.05, 3.63) is 80.2 Å². The van der Waals surface area contributed by atoms with Crippen molar-refractivity contribution in [2.45, 2.75) is 20.8 Å². The molecular formula is C22H21ClF2N4O2. The van der Waals surface area contributed by atoms with Crippen molar-refractivity contribution in [2.24, 2.45) is 0 Å². The molecule has 0 saturated heterocycles. The summed E-state index contributed by atoms with van der Waals surface area (Å²) in [4.78, 5) is 26.6. The number of amides is 1. The van der Waals surface area contributed by atoms with E-state index >= 15 is 0 Å². The van der Waals surface area contributed by atoms with Crippen LogP contribution in [0.4, 0.5) is 20.2 Å². The first-order valence-corrected chi connectivity index (χ1v) is 9.78. The predicted molar refractivity (Wildman–Crippen MR) is 117 cm³/mol. The van der Waals surface area contributed by atoms with Gasteiger partial charge in [0.1, 0.15) is 16.5 Å². The molecule has 0 spiro atoms. The second-order valence-corrected chi connectivity index (χ2v) is 7.71. The number of benzene rings is 2. The van der Waals surface area contributed by atoms with Crippen LogP contribution in [0.5, 0.6) is 0 Å². The fourth-order valence-electron chi connectivity index (χ4n) is 3.37. The number of nitrogens with one attached hydrogen (secondary N) is 1. The number of hydrogen-bond donors (Lipinski definition) is 1. The van der Waals surface area contributed by atoms with Gasteiger partial charge < -0.3 is 10.2 Å². The molecule has 0 fully saturated rings. The van der Waals surface area contributed by atoms with Crippen LogP contribution in [0.2, 0.25) is 5.02 Å². The molecule has 0 aliphatic rings. The second kappa shape index (κ2) is 8.85. The molecule has 162 valence electrons. The van der Waals surface area contributed by atoms with Gasteiger partial charge in [0.15, 0.2) is 5.82 Å². The molecule has 0 atom stereocenters. The number of anilines is 2. The van der Waals surface area contributed by atoms with E-state index in [-0.39, 0.29) is 28.8 Å². The lowest BCUT2D eigenvalue weighted by Crippen LogP contribution is -2.33. The molecule has 0 aliphatic carbocycles. The molecule has 1 aromatic heterocycles. The standard InChI is InChI=1S/C22H21ClF2N4O2/c1-12-7-13(2)21(14(3)8-12)27-19(30)11-28(4)18-10-26-29(22(31)20(18)23)17-6-5-15(24)9-16(17)25/h5-10H,11H2,1-4H3,(H,27,30). The highest BCUT2D eigenvalue weighted by molar-refractivity contribution is 6.33. The Bertz CT molecular complexity index is 1200. The minimum absolute atomic E-state index is 0.0947. The number of halogens is 3. The molecule has 0 bridgehead atoms. The van der Waals surface area contributed by atoms with Gasteiger partial charge in [0.25, 0.3) is 5.56 Å². The van der Waals surface area contributed by atoms with Crippen LogP contribution in [-0.2, 0) is 4.79 Å². The Morgan fingerprint density at radius 3 is 2.42 bits per heavy atom. The highest BCUT2D eigenvalue weighted by Gasteiger charge is 2.18. The summed E-state index contributed by atoms with van der Waals surface area (Å²) in [6.07, 6.45) is 1.25. The Balaban J connectivity index is 1.82. The van der Waals surface area contributed by atoms with Crippen LogP contribution < -0.4 is 15.8 Å². The smallest absolute Gasteiger partial charge is 0.292 e. The van der Waals surface area contributed by atoms with E-state index in [1.54, 1.807) is 7.05 Å². The summed E-state index contributed by atoms with van der Waals surface area (Å²) >= 11 is 6.20. The number of hydrogen-bond acceptors (Lipinski definition) is 4. The highest BCUT2D eigenvalue weighted by Crippen LogP contribution is 2.24. The van der Waals surface area contributed by atoms with Crippen LogP contribution in [-0.4, -0.2) is 29.3 Å². The van der Waals surface area contributed by atoms with Crippen molar-refractivity contribution in [3.63, 3.8) is 0 Å². The third kappa shape index (κ3) is 4.74. The Labute approximate surface area is 183 Å². The Morgan fingerprint density at radius 2 is 1.81 bits per heavy atom. The maximum atomic E-state index is 14.0. The molecule has 3 rings (SSSR count). The first-order valence-electron chi connectivity index (χ1n) is 9.40. The van der Waals surface area contributed by atoms with Gasteiger partial charge in [-0.25, -0.2) is 8.78 Å². The second-order valence-electron chi connectivity index (χ2n) is 7.33. The van der Waals surface area contributed by atoms with E-state index in [0.717, 1.165) is 39.2 Å². The lowest BCUT2D eigenvalue weighted by molar-refractivity contribution is -0.114. The summed E-state index contributed by atoms with van der Waals surface area (Å²) in [6, 6.07) is 6.71. The fraction of sp³-hybridized carbons (Fsp3) is 0.227. The van der Waals surface area contributed by atoms with Gasteiger partial charge in [-0.3, -0.25) is 9.59 Å². The lowest BCUT2D eigenvalue weighted by atomic mass is 10.1. The Kier molecular flexibility index (Phi) is 6.40. The van der Waals surface area contributed by atoms with E-state index in [9.17, 15) is 18.4 Å². The number of carbonyl (C=O) groups is 1. The first-order chi connectivity index (χ1) is 14.6. The first kappa shape index (κ1) is 22.4. The quantitative estimate of drug-likeness (QED) is 0.639. The monoisotopic (exact) mass is 446 g/mol. The van der Waals surface area contributed by atoms with Gasteiger partial charge in [-0.15, -0.1) is 0 Å². The van der Waals surface area contributed by atoms with Crippen LogP contribution in [0.1, 0.15) is 16.7 Å². The van der Waals surface area contributed by atoms with Gasteiger partial charge in [0.05, 0.1) is 18.4 Å². The van der Waals surface area contributed by atoms with Gasteiger partial charge in [0, 0.05) is 18.8 Å². The van der Waals surface area contributed by atoms with Gasteiger partial charge in [0.2, 0.25) is 5.91 Å². The maximum absolute atomic E-state index is 14.0. The summed E-state index contributed by atoms with van der Waals surface area (Å²) in [5, 5.41) is 6.57. The van der Waals surface area contributed by atoms with Gasteiger partial charge in [-0.1, -0.05) is 29.3 Å². The summed E-state index contributed by atoms with van der Waals surface area (Å²) in [5.41, 5.74) is 2.90. The van der Waals surface area contributed by atoms with Crippen molar-refractivity contribution in [1.29, 1.82) is 0 Å². The molecule has 0 unspecified atom stereocenters. The molecule has 6 nitrogen and oxygen atoms in total. The zero-order chi connectivity index (χ0) is 22.9. The van der Waals surface area contributed by atoms with Crippen LogP contribution in [0.15, 0.2) is 41.3 Å². The van der Waals surface area contributed by atoms with E-state index in [0.29, 0.717) is 6.07 Å². The number of nitrogens with zero attached hydrogens (tertiary/aromatic N) is 3. The third-order valence-corrected chi connectivity index (χ3v) is 5.13. The number of carbonyl (C=O) groups excluding carboxylic acids is 1. The summed E-state index contributed by atoms with van der Waals surface area (Å²) < 4.78 is 27.9. The zero-order valence-electron chi connectivity index (χ0n) is 17.5. The van der Waals surface area contributed by atoms with E-state index in [1.807, 2.05) is 32.9 Å². The molecule has 0 saturated carbocycles. The molecule has 1 N–H and O–H groups in total. The van der Waals surface area contributed by atoms with Crippen molar-refractivity contribution in [2.75, 3.05) is 23.8 Å². The summed E-state index contributed by atoms with van der Waals surface area (Å²) in [5.74, 6) is -2.03. The molecule has 2 aromatic carbocycles. The van der Waals surface area contributed by atoms with Gasteiger partial charge in [-0.2, -0.15) is 9.78 Å². The number of aromatic nitrogens is 2. The molecule has 1 amide bonds. The van der Waals surface area contributed by atoms with Crippen LogP contribution in [0.3, 0.4) is 0 Å². The van der Waals surface area contributed by atoms with E-state index in [4.69, 9.17) is 11.6 Å². The summed E-state index contributed by atoms with van der Waals surface area (Å²) in [6.45, 7) is 5.71. The molecule has 3 aromatic rings. The number of rotatable bonds is 5. The molecule has 0 aliphatic heterocycles. The Morgan fingerprint density at radius 1 is 1.16 bits per heavy atom. The SMILES string of the molecule is Cc1cc(C)c(NC(=O)CN(C)c2cnn(-c3ccc(F)cc3F)c(=O)c2Cl)c(C)c1. The fourth-order valence-corrected chi connectivity index (χ4v) is 3.64.